The minimum atomic E-state index is -1.54. The van der Waals surface area contributed by atoms with Gasteiger partial charge in [-0.3, -0.25) is 14.7 Å². The summed E-state index contributed by atoms with van der Waals surface area (Å²) in [6.07, 6.45) is -0.157. The second kappa shape index (κ2) is 5.88. The second-order valence-corrected chi connectivity index (χ2v) is 6.07. The lowest BCUT2D eigenvalue weighted by Crippen LogP contribution is -2.43. The van der Waals surface area contributed by atoms with Crippen LogP contribution >= 0.6 is 0 Å². The van der Waals surface area contributed by atoms with Crippen LogP contribution in [0.3, 0.4) is 0 Å². The van der Waals surface area contributed by atoms with Crippen LogP contribution in [0.2, 0.25) is 0 Å². The van der Waals surface area contributed by atoms with Crippen LogP contribution in [0.4, 0.5) is 5.69 Å². The van der Waals surface area contributed by atoms with Crippen LogP contribution < -0.4 is 15.8 Å². The summed E-state index contributed by atoms with van der Waals surface area (Å²) in [6.45, 7) is 1.92. The topological polar surface area (TPSA) is 143 Å². The van der Waals surface area contributed by atoms with Crippen molar-refractivity contribution in [1.29, 1.82) is 5.26 Å². The molecule has 0 bridgehead atoms. The van der Waals surface area contributed by atoms with Crippen LogP contribution in [0.15, 0.2) is 35.7 Å². The number of nitrogens with one attached hydrogen (secondary N) is 2. The molecule has 0 saturated carbocycles. The van der Waals surface area contributed by atoms with Crippen molar-refractivity contribution in [3.8, 4) is 11.9 Å². The monoisotopic (exact) mass is 365 g/mol. The Labute approximate surface area is 153 Å². The molecule has 1 aromatic carbocycles. The third-order valence-corrected chi connectivity index (χ3v) is 4.67. The summed E-state index contributed by atoms with van der Waals surface area (Å²) < 4.78 is 10.5. The number of anilines is 1. The standard InChI is InChI=1S/C18H15N5O4/c1-2-26-13(24)7-12-14-16(23-22-12)27-15(20)10(8-19)18(14)9-5-3-4-6-11(9)21-17(18)25/h3-6H,2,7,20H2,1H3,(H,21,25)(H,22,23)/t18-/m0/s1. The zero-order valence-electron chi connectivity index (χ0n) is 14.3. The highest BCUT2D eigenvalue weighted by molar-refractivity contribution is 6.12. The average Bonchev–Trinajstić information content (AvgIpc) is 3.15. The van der Waals surface area contributed by atoms with Crippen LogP contribution in [0.5, 0.6) is 5.88 Å². The van der Waals surface area contributed by atoms with E-state index in [1.165, 1.54) is 0 Å². The lowest BCUT2D eigenvalue weighted by atomic mass is 9.69. The Kier molecular flexibility index (Phi) is 3.63. The van der Waals surface area contributed by atoms with Gasteiger partial charge in [0.2, 0.25) is 17.7 Å². The normalized spacial score (nSPS) is 19.8. The predicted octanol–water partition coefficient (Wildman–Crippen LogP) is 0.840. The van der Waals surface area contributed by atoms with Crippen molar-refractivity contribution in [2.45, 2.75) is 18.8 Å². The number of H-pyrrole nitrogens is 1. The van der Waals surface area contributed by atoms with Crippen molar-refractivity contribution < 1.29 is 19.1 Å². The van der Waals surface area contributed by atoms with E-state index in [1.54, 1.807) is 31.2 Å². The van der Waals surface area contributed by atoms with Crippen LogP contribution in [-0.2, 0) is 26.2 Å². The smallest absolute Gasteiger partial charge is 0.311 e. The molecule has 2 aliphatic heterocycles. The summed E-state index contributed by atoms with van der Waals surface area (Å²) in [5, 5.41) is 19.3. The van der Waals surface area contributed by atoms with Gasteiger partial charge >= 0.3 is 5.97 Å². The van der Waals surface area contributed by atoms with Gasteiger partial charge in [0.15, 0.2) is 0 Å². The number of carbonyl (C=O) groups excluding carboxylic acids is 2. The summed E-state index contributed by atoms with van der Waals surface area (Å²) in [6, 6.07) is 8.99. The fraction of sp³-hybridized carbons (Fsp3) is 0.222. The van der Waals surface area contributed by atoms with Gasteiger partial charge in [-0.15, -0.1) is 5.10 Å². The van der Waals surface area contributed by atoms with Crippen LogP contribution in [0, 0.1) is 11.3 Å². The maximum absolute atomic E-state index is 13.2. The number of hydrogen-bond donors (Lipinski definition) is 3. The number of ether oxygens (including phenoxy) is 2. The molecule has 9 heteroatoms. The van der Waals surface area contributed by atoms with Gasteiger partial charge in [-0.05, 0) is 13.0 Å². The molecule has 0 fully saturated rings. The van der Waals surface area contributed by atoms with E-state index in [2.05, 4.69) is 15.5 Å². The Morgan fingerprint density at radius 1 is 1.44 bits per heavy atom. The fourth-order valence-corrected chi connectivity index (χ4v) is 3.66. The molecule has 1 spiro atoms. The first-order valence-corrected chi connectivity index (χ1v) is 8.26. The number of benzene rings is 1. The predicted molar refractivity (Wildman–Crippen MR) is 92.2 cm³/mol. The van der Waals surface area contributed by atoms with Crippen molar-refractivity contribution >= 4 is 17.6 Å². The first-order chi connectivity index (χ1) is 13.0. The Morgan fingerprint density at radius 2 is 2.22 bits per heavy atom. The van der Waals surface area contributed by atoms with Gasteiger partial charge in [-0.1, -0.05) is 18.2 Å². The molecule has 3 heterocycles. The fourth-order valence-electron chi connectivity index (χ4n) is 3.66. The maximum Gasteiger partial charge on any atom is 0.311 e. The van der Waals surface area contributed by atoms with Gasteiger partial charge in [-0.2, -0.15) is 5.26 Å². The Morgan fingerprint density at radius 3 is 2.96 bits per heavy atom. The number of para-hydroxylation sites is 1. The number of nitriles is 1. The molecule has 136 valence electrons. The van der Waals surface area contributed by atoms with E-state index in [-0.39, 0.29) is 30.4 Å². The minimum absolute atomic E-state index is 0.0519. The van der Waals surface area contributed by atoms with Crippen molar-refractivity contribution in [2.24, 2.45) is 5.73 Å². The zero-order chi connectivity index (χ0) is 19.2. The molecule has 4 rings (SSSR count). The van der Waals surface area contributed by atoms with Gasteiger partial charge < -0.3 is 20.5 Å². The molecule has 0 aliphatic carbocycles. The molecule has 2 aromatic rings. The highest BCUT2D eigenvalue weighted by Gasteiger charge is 2.58. The summed E-state index contributed by atoms with van der Waals surface area (Å²) in [7, 11) is 0. The highest BCUT2D eigenvalue weighted by atomic mass is 16.5. The second-order valence-electron chi connectivity index (χ2n) is 6.07. The molecule has 1 amide bonds. The number of nitrogens with zero attached hydrogens (tertiary/aromatic N) is 2. The molecule has 2 aliphatic rings. The van der Waals surface area contributed by atoms with Gasteiger partial charge in [0.05, 0.1) is 24.3 Å². The highest BCUT2D eigenvalue weighted by Crippen LogP contribution is 2.53. The van der Waals surface area contributed by atoms with Crippen LogP contribution in [-0.4, -0.2) is 28.7 Å². The zero-order valence-corrected chi connectivity index (χ0v) is 14.3. The lowest BCUT2D eigenvalue weighted by molar-refractivity contribution is -0.142. The largest absolute Gasteiger partial charge is 0.466 e. The number of hydrogen-bond acceptors (Lipinski definition) is 7. The number of rotatable bonds is 3. The molecule has 27 heavy (non-hydrogen) atoms. The van der Waals surface area contributed by atoms with E-state index in [0.29, 0.717) is 22.5 Å². The Balaban J connectivity index is 2.00. The van der Waals surface area contributed by atoms with E-state index in [9.17, 15) is 14.9 Å². The number of aromatic amines is 1. The molecule has 9 nitrogen and oxygen atoms in total. The molecule has 4 N–H and O–H groups in total. The SMILES string of the molecule is CCOC(=O)Cc1[nH]nc2c1[C@@]1(C(=O)Nc3ccccc31)C(C#N)=C(N)O2. The van der Waals surface area contributed by atoms with Crippen molar-refractivity contribution in [1.82, 2.24) is 10.2 Å². The summed E-state index contributed by atoms with van der Waals surface area (Å²) in [5.74, 6) is -1.10. The number of aromatic nitrogens is 2. The number of fused-ring (bicyclic) bond motifs is 4. The number of esters is 1. The molecular formula is C18H15N5O4. The Hall–Kier alpha value is -3.80. The molecule has 1 atom stereocenters. The number of nitrogens with two attached hydrogens (primary N) is 1. The summed E-state index contributed by atoms with van der Waals surface area (Å²) >= 11 is 0. The van der Waals surface area contributed by atoms with Crippen LogP contribution in [0.25, 0.3) is 0 Å². The first kappa shape index (κ1) is 16.7. The third kappa shape index (κ3) is 2.13. The van der Waals surface area contributed by atoms with E-state index >= 15 is 0 Å². The van der Waals surface area contributed by atoms with Gasteiger partial charge in [-0.25, -0.2) is 0 Å². The van der Waals surface area contributed by atoms with Crippen molar-refractivity contribution in [3.05, 3.63) is 52.5 Å². The molecular weight excluding hydrogens is 350 g/mol. The quantitative estimate of drug-likeness (QED) is 0.684. The maximum atomic E-state index is 13.2. The van der Waals surface area contributed by atoms with E-state index in [0.717, 1.165) is 0 Å². The van der Waals surface area contributed by atoms with Gasteiger partial charge in [0.25, 0.3) is 0 Å². The molecule has 0 radical (unpaired) electrons. The molecule has 1 aromatic heterocycles. The summed E-state index contributed by atoms with van der Waals surface area (Å²) in [4.78, 5) is 25.2. The van der Waals surface area contributed by atoms with Crippen LogP contribution in [0.1, 0.15) is 23.7 Å². The minimum Gasteiger partial charge on any atom is -0.466 e. The molecule has 0 unspecified atom stereocenters. The average molecular weight is 365 g/mol. The summed E-state index contributed by atoms with van der Waals surface area (Å²) in [5.41, 5.74) is 6.08. The van der Waals surface area contributed by atoms with Crippen molar-refractivity contribution in [2.75, 3.05) is 11.9 Å². The van der Waals surface area contributed by atoms with Gasteiger partial charge in [0, 0.05) is 11.3 Å². The van der Waals surface area contributed by atoms with Gasteiger partial charge in [0.1, 0.15) is 17.1 Å². The Bertz CT molecular complexity index is 1050. The molecule has 0 saturated heterocycles. The third-order valence-electron chi connectivity index (χ3n) is 4.67. The number of amides is 1. The van der Waals surface area contributed by atoms with E-state index < -0.39 is 17.3 Å². The first-order valence-electron chi connectivity index (χ1n) is 8.26. The number of carbonyl (C=O) groups is 2. The van der Waals surface area contributed by atoms with Crippen molar-refractivity contribution in [3.63, 3.8) is 0 Å². The lowest BCUT2D eigenvalue weighted by Gasteiger charge is -2.31. The van der Waals surface area contributed by atoms with E-state index in [1.807, 2.05) is 6.07 Å². The van der Waals surface area contributed by atoms with E-state index in [4.69, 9.17) is 15.2 Å².